The van der Waals surface area contributed by atoms with Crippen molar-refractivity contribution in [3.63, 3.8) is 0 Å². The quantitative estimate of drug-likeness (QED) is 0.761. The third-order valence-electron chi connectivity index (χ3n) is 3.37. The zero-order valence-electron chi connectivity index (χ0n) is 13.4. The van der Waals surface area contributed by atoms with Gasteiger partial charge in [0.05, 0.1) is 18.3 Å². The second-order valence-electron chi connectivity index (χ2n) is 6.79. The lowest BCUT2D eigenvalue weighted by Crippen LogP contribution is -2.50. The second-order valence-corrected chi connectivity index (χ2v) is 6.79. The molecule has 1 saturated heterocycles. The van der Waals surface area contributed by atoms with Crippen LogP contribution in [0.1, 0.15) is 34.6 Å². The number of hydrogen-bond acceptors (Lipinski definition) is 4. The first kappa shape index (κ1) is 16.9. The molecule has 0 aromatic rings. The number of morpholine rings is 1. The first-order valence-corrected chi connectivity index (χ1v) is 7.59. The Morgan fingerprint density at radius 3 is 2.63 bits per heavy atom. The van der Waals surface area contributed by atoms with Gasteiger partial charge in [0.2, 0.25) is 0 Å². The molecule has 0 saturated carbocycles. The summed E-state index contributed by atoms with van der Waals surface area (Å²) < 4.78 is 5.87. The van der Waals surface area contributed by atoms with E-state index in [2.05, 4.69) is 30.6 Å². The molecule has 1 fully saturated rings. The summed E-state index contributed by atoms with van der Waals surface area (Å²) in [5, 5.41) is 9.93. The second kappa shape index (κ2) is 7.58. The van der Waals surface area contributed by atoms with Gasteiger partial charge in [0.25, 0.3) is 0 Å². The van der Waals surface area contributed by atoms with Gasteiger partial charge in [-0.15, -0.1) is 0 Å². The van der Waals surface area contributed by atoms with Crippen LogP contribution in [-0.2, 0) is 4.74 Å². The fourth-order valence-corrected chi connectivity index (χ4v) is 2.71. The molecule has 0 aromatic heterocycles. The Morgan fingerprint density at radius 2 is 2.11 bits per heavy atom. The van der Waals surface area contributed by atoms with Crippen LogP contribution in [0, 0.1) is 5.92 Å². The number of aliphatic hydroxyl groups is 1. The van der Waals surface area contributed by atoms with E-state index in [1.165, 1.54) is 0 Å². The Morgan fingerprint density at radius 1 is 1.42 bits per heavy atom. The van der Waals surface area contributed by atoms with Crippen LogP contribution >= 0.6 is 0 Å². The first-order valence-electron chi connectivity index (χ1n) is 7.59. The van der Waals surface area contributed by atoms with E-state index < -0.39 is 5.60 Å². The van der Waals surface area contributed by atoms with Gasteiger partial charge < -0.3 is 9.84 Å². The van der Waals surface area contributed by atoms with Gasteiger partial charge in [-0.1, -0.05) is 20.8 Å². The topological polar surface area (TPSA) is 35.9 Å². The number of ether oxygens (including phenoxy) is 1. The predicted octanol–water partition coefficient (Wildman–Crippen LogP) is 1.44. The van der Waals surface area contributed by atoms with Crippen molar-refractivity contribution in [3.8, 4) is 0 Å². The van der Waals surface area contributed by atoms with Gasteiger partial charge in [-0.05, 0) is 26.3 Å². The van der Waals surface area contributed by atoms with Crippen molar-refractivity contribution in [2.45, 2.75) is 46.3 Å². The van der Waals surface area contributed by atoms with Gasteiger partial charge in [0.15, 0.2) is 0 Å². The fourth-order valence-electron chi connectivity index (χ4n) is 2.71. The summed E-state index contributed by atoms with van der Waals surface area (Å²) in [6, 6.07) is 0. The van der Waals surface area contributed by atoms with Gasteiger partial charge in [0.1, 0.15) is 0 Å². The highest BCUT2D eigenvalue weighted by atomic mass is 16.5. The lowest BCUT2D eigenvalue weighted by molar-refractivity contribution is -0.0549. The number of nitrogens with zero attached hydrogens (tertiary/aromatic N) is 2. The van der Waals surface area contributed by atoms with Crippen LogP contribution in [0.25, 0.3) is 0 Å². The fraction of sp³-hybridized carbons (Fsp3) is 1.00. The number of hydrogen-bond donors (Lipinski definition) is 1. The smallest absolute Gasteiger partial charge is 0.0829 e. The maximum atomic E-state index is 9.93. The highest BCUT2D eigenvalue weighted by Gasteiger charge is 2.25. The summed E-state index contributed by atoms with van der Waals surface area (Å²) in [4.78, 5) is 4.78. The molecule has 19 heavy (non-hydrogen) atoms. The average molecular weight is 272 g/mol. The van der Waals surface area contributed by atoms with Gasteiger partial charge in [-0.25, -0.2) is 0 Å². The molecule has 0 bridgehead atoms. The zero-order valence-corrected chi connectivity index (χ0v) is 13.4. The van der Waals surface area contributed by atoms with Crippen LogP contribution in [0.15, 0.2) is 0 Å². The van der Waals surface area contributed by atoms with Gasteiger partial charge in [-0.2, -0.15) is 0 Å². The molecule has 1 rings (SSSR count). The SMILES string of the molecule is CCN(CC1CN(CC(C)C)CCO1)CC(C)(C)O. The van der Waals surface area contributed by atoms with Gasteiger partial charge in [0, 0.05) is 32.7 Å². The monoisotopic (exact) mass is 272 g/mol. The minimum atomic E-state index is -0.637. The van der Waals surface area contributed by atoms with Crippen LogP contribution in [-0.4, -0.2) is 72.5 Å². The molecule has 1 atom stereocenters. The summed E-state index contributed by atoms with van der Waals surface area (Å²) >= 11 is 0. The van der Waals surface area contributed by atoms with Crippen molar-refractivity contribution in [2.75, 3.05) is 45.9 Å². The molecule has 0 amide bonds. The van der Waals surface area contributed by atoms with E-state index in [4.69, 9.17) is 4.74 Å². The molecule has 0 spiro atoms. The van der Waals surface area contributed by atoms with Gasteiger partial charge in [-0.3, -0.25) is 9.80 Å². The maximum Gasteiger partial charge on any atom is 0.0829 e. The van der Waals surface area contributed by atoms with Crippen molar-refractivity contribution in [2.24, 2.45) is 5.92 Å². The van der Waals surface area contributed by atoms with Crippen molar-refractivity contribution >= 4 is 0 Å². The molecule has 0 radical (unpaired) electrons. The van der Waals surface area contributed by atoms with E-state index in [0.717, 1.165) is 39.3 Å². The maximum absolute atomic E-state index is 9.93. The number of likely N-dealkylation sites (N-methyl/N-ethyl adjacent to an activating group) is 1. The van der Waals surface area contributed by atoms with Crippen LogP contribution in [0.2, 0.25) is 0 Å². The van der Waals surface area contributed by atoms with E-state index in [1.807, 2.05) is 13.8 Å². The summed E-state index contributed by atoms with van der Waals surface area (Å²) in [5.41, 5.74) is -0.637. The van der Waals surface area contributed by atoms with Crippen LogP contribution in [0.5, 0.6) is 0 Å². The van der Waals surface area contributed by atoms with E-state index in [1.54, 1.807) is 0 Å². The van der Waals surface area contributed by atoms with E-state index >= 15 is 0 Å². The van der Waals surface area contributed by atoms with Crippen molar-refractivity contribution in [3.05, 3.63) is 0 Å². The highest BCUT2D eigenvalue weighted by molar-refractivity contribution is 4.78. The third kappa shape index (κ3) is 7.25. The van der Waals surface area contributed by atoms with Crippen molar-refractivity contribution in [1.29, 1.82) is 0 Å². The highest BCUT2D eigenvalue weighted by Crippen LogP contribution is 2.11. The normalized spacial score (nSPS) is 22.4. The Bertz CT molecular complexity index is 251. The lowest BCUT2D eigenvalue weighted by Gasteiger charge is -2.37. The lowest BCUT2D eigenvalue weighted by atomic mass is 10.1. The summed E-state index contributed by atoms with van der Waals surface area (Å²) in [7, 11) is 0. The summed E-state index contributed by atoms with van der Waals surface area (Å²) in [5.74, 6) is 0.706. The van der Waals surface area contributed by atoms with Gasteiger partial charge >= 0.3 is 0 Å². The molecule has 4 heteroatoms. The summed E-state index contributed by atoms with van der Waals surface area (Å²) in [6.07, 6.45) is 0.273. The van der Waals surface area contributed by atoms with Crippen molar-refractivity contribution in [1.82, 2.24) is 9.80 Å². The molecular weight excluding hydrogens is 240 g/mol. The molecule has 4 nitrogen and oxygen atoms in total. The average Bonchev–Trinajstić information content (AvgIpc) is 2.25. The molecule has 0 aliphatic carbocycles. The van der Waals surface area contributed by atoms with E-state index in [9.17, 15) is 5.11 Å². The summed E-state index contributed by atoms with van der Waals surface area (Å²) in [6.45, 7) is 17.0. The van der Waals surface area contributed by atoms with Crippen LogP contribution < -0.4 is 0 Å². The molecule has 1 N–H and O–H groups in total. The Kier molecular flexibility index (Phi) is 6.74. The molecule has 1 unspecified atom stereocenters. The van der Waals surface area contributed by atoms with E-state index in [-0.39, 0.29) is 6.10 Å². The molecule has 1 aliphatic heterocycles. The standard InChI is InChI=1S/C15H32N2O2/c1-6-16(12-15(4,5)18)10-14-11-17(7-8-19-14)9-13(2)3/h13-14,18H,6-12H2,1-5H3. The predicted molar refractivity (Wildman–Crippen MR) is 79.4 cm³/mol. The minimum Gasteiger partial charge on any atom is -0.389 e. The number of rotatable bonds is 7. The first-order chi connectivity index (χ1) is 8.80. The van der Waals surface area contributed by atoms with Crippen LogP contribution in [0.3, 0.4) is 0 Å². The molecular formula is C15H32N2O2. The molecule has 0 aromatic carbocycles. The van der Waals surface area contributed by atoms with Crippen LogP contribution in [0.4, 0.5) is 0 Å². The third-order valence-corrected chi connectivity index (χ3v) is 3.37. The minimum absolute atomic E-state index is 0.273. The Balaban J connectivity index is 2.41. The largest absolute Gasteiger partial charge is 0.389 e. The Labute approximate surface area is 118 Å². The molecule has 1 heterocycles. The van der Waals surface area contributed by atoms with Crippen molar-refractivity contribution < 1.29 is 9.84 Å². The molecule has 1 aliphatic rings. The molecule has 114 valence electrons. The zero-order chi connectivity index (χ0) is 14.5. The Hall–Kier alpha value is -0.160. The van der Waals surface area contributed by atoms with E-state index in [0.29, 0.717) is 12.5 Å².